The number of hydrogen-bond donors (Lipinski definition) is 2. The second-order valence-corrected chi connectivity index (χ2v) is 1.86. The highest BCUT2D eigenvalue weighted by Crippen LogP contribution is 1.87. The molecule has 0 rings (SSSR count). The maximum absolute atomic E-state index is 10.5. The molecule has 0 unspecified atom stereocenters. The van der Waals surface area contributed by atoms with Gasteiger partial charge in [-0.25, -0.2) is 0 Å². The van der Waals surface area contributed by atoms with Crippen molar-refractivity contribution < 1.29 is 19.5 Å². The van der Waals surface area contributed by atoms with Gasteiger partial charge in [0.05, 0.1) is 0 Å². The lowest BCUT2D eigenvalue weighted by Gasteiger charge is -1.98. The number of ketones is 1. The van der Waals surface area contributed by atoms with Crippen LogP contribution in [0.15, 0.2) is 0 Å². The van der Waals surface area contributed by atoms with E-state index in [4.69, 9.17) is 16.4 Å². The Morgan fingerprint density at radius 1 is 1.73 bits per heavy atom. The van der Waals surface area contributed by atoms with Crippen LogP contribution in [-0.4, -0.2) is 33.9 Å². The first-order chi connectivity index (χ1) is 5.07. The lowest BCUT2D eigenvalue weighted by molar-refractivity contribution is -0.139. The van der Waals surface area contributed by atoms with E-state index in [1.54, 1.807) is 0 Å². The predicted octanol–water partition coefficient (Wildman–Crippen LogP) is -1.34. The van der Waals surface area contributed by atoms with Crippen LogP contribution in [0.25, 0.3) is 5.53 Å². The first-order valence-electron chi connectivity index (χ1n) is 2.76. The van der Waals surface area contributed by atoms with Crippen molar-refractivity contribution in [1.29, 1.82) is 0 Å². The molecule has 11 heavy (non-hydrogen) atoms. The summed E-state index contributed by atoms with van der Waals surface area (Å²) in [5.74, 6) is -1.88. The minimum absolute atomic E-state index is 0.362. The highest BCUT2D eigenvalue weighted by molar-refractivity contribution is 6.25. The van der Waals surface area contributed by atoms with Crippen LogP contribution in [0.4, 0.5) is 0 Å². The number of rotatable bonds is 4. The van der Waals surface area contributed by atoms with Gasteiger partial charge >= 0.3 is 12.2 Å². The van der Waals surface area contributed by atoms with E-state index in [2.05, 4.69) is 4.79 Å². The van der Waals surface area contributed by atoms with Gasteiger partial charge in [-0.1, -0.05) is 0 Å². The van der Waals surface area contributed by atoms with Gasteiger partial charge in [0, 0.05) is 6.42 Å². The first-order valence-corrected chi connectivity index (χ1v) is 2.76. The number of carbonyl (C=O) groups excluding carboxylic acids is 1. The molecular weight excluding hydrogens is 150 g/mol. The van der Waals surface area contributed by atoms with E-state index < -0.39 is 17.8 Å². The van der Waals surface area contributed by atoms with E-state index in [0.717, 1.165) is 0 Å². The molecule has 0 aliphatic rings. The minimum atomic E-state index is -1.26. The van der Waals surface area contributed by atoms with Crippen molar-refractivity contribution in [3.63, 3.8) is 0 Å². The third-order valence-corrected chi connectivity index (χ3v) is 0.940. The Balaban J connectivity index is 3.94. The molecule has 0 amide bonds. The smallest absolute Gasteiger partial charge is 0.323 e. The number of aliphatic carboxylic acids is 1. The Morgan fingerprint density at radius 2 is 2.27 bits per heavy atom. The maximum atomic E-state index is 10.5. The molecule has 60 valence electrons. The summed E-state index contributed by atoms with van der Waals surface area (Å²) < 4.78 is 0. The third kappa shape index (κ3) is 3.96. The van der Waals surface area contributed by atoms with Crippen molar-refractivity contribution in [2.75, 3.05) is 0 Å². The Hall–Kier alpha value is -1.52. The van der Waals surface area contributed by atoms with Crippen molar-refractivity contribution in [3.05, 3.63) is 5.53 Å². The second-order valence-electron chi connectivity index (χ2n) is 1.86. The third-order valence-electron chi connectivity index (χ3n) is 0.940. The summed E-state index contributed by atoms with van der Waals surface area (Å²) >= 11 is 0. The van der Waals surface area contributed by atoms with Crippen LogP contribution in [0.5, 0.6) is 0 Å². The van der Waals surface area contributed by atoms with Crippen LogP contribution in [-0.2, 0) is 9.59 Å². The monoisotopic (exact) mass is 157 g/mol. The first kappa shape index (κ1) is 9.48. The van der Waals surface area contributed by atoms with Crippen molar-refractivity contribution in [1.82, 2.24) is 0 Å². The van der Waals surface area contributed by atoms with E-state index in [-0.39, 0.29) is 6.42 Å². The van der Waals surface area contributed by atoms with Crippen molar-refractivity contribution >= 4 is 18.0 Å². The van der Waals surface area contributed by atoms with Gasteiger partial charge in [-0.3, -0.25) is 9.59 Å². The molecule has 0 bridgehead atoms. The van der Waals surface area contributed by atoms with Crippen molar-refractivity contribution in [3.8, 4) is 0 Å². The molecule has 0 aromatic rings. The molecule has 1 atom stereocenters. The van der Waals surface area contributed by atoms with E-state index in [0.29, 0.717) is 6.21 Å². The Morgan fingerprint density at radius 3 is 2.64 bits per heavy atom. The van der Waals surface area contributed by atoms with Crippen LogP contribution in [0.2, 0.25) is 0 Å². The summed E-state index contributed by atoms with van der Waals surface area (Å²) in [7, 11) is 0. The van der Waals surface area contributed by atoms with Crippen LogP contribution in [0.3, 0.4) is 0 Å². The molecule has 0 aromatic carbocycles. The average Bonchev–Trinajstić information content (AvgIpc) is 1.87. The van der Waals surface area contributed by atoms with Crippen LogP contribution in [0, 0.1) is 0 Å². The summed E-state index contributed by atoms with van der Waals surface area (Å²) in [6, 6.07) is -1.24. The van der Waals surface area contributed by atoms with Crippen LogP contribution in [0.1, 0.15) is 6.42 Å². The number of Topliss-reactive ketones (excluding diaryl/α,β-unsaturated/α-hetero) is 1. The molecular formula is C5H7N3O3. The van der Waals surface area contributed by atoms with Crippen LogP contribution >= 0.6 is 0 Å². The largest absolute Gasteiger partial charge is 0.480 e. The number of hydrogen-bond acceptors (Lipinski definition) is 3. The number of nitrogens with two attached hydrogens (primary N) is 1. The summed E-state index contributed by atoms with van der Waals surface area (Å²) in [6.07, 6.45) is 0.252. The van der Waals surface area contributed by atoms with Gasteiger partial charge in [0.1, 0.15) is 6.04 Å². The molecule has 6 heteroatoms. The number of carboxylic acids is 1. The highest BCUT2D eigenvalue weighted by Gasteiger charge is 2.16. The predicted molar refractivity (Wildman–Crippen MR) is 34.9 cm³/mol. The topological polar surface area (TPSA) is 117 Å². The van der Waals surface area contributed by atoms with E-state index in [1.807, 2.05) is 0 Å². The maximum Gasteiger partial charge on any atom is 0.323 e. The molecule has 0 saturated heterocycles. The molecule has 0 heterocycles. The van der Waals surface area contributed by atoms with E-state index >= 15 is 0 Å². The number of carboxylic acid groups (broad SMARTS) is 1. The molecule has 0 aromatic heterocycles. The standard InChI is InChI=1S/C5H7N3O3/c6-4(5(10)11)1-3(9)2-8-7/h2,4H,1,6H2,(H,10,11)/t4-/m0/s1. The number of nitrogens with zero attached hydrogens (tertiary/aromatic N) is 2. The quantitative estimate of drug-likeness (QED) is 0.298. The van der Waals surface area contributed by atoms with Gasteiger partial charge in [-0.05, 0) is 0 Å². The zero-order valence-corrected chi connectivity index (χ0v) is 5.60. The Kier molecular flexibility index (Phi) is 3.72. The SMILES string of the molecule is [N-]=[N+]=CC(=O)C[C@H](N)C(=O)O. The summed E-state index contributed by atoms with van der Waals surface area (Å²) in [5, 5.41) is 8.21. The van der Waals surface area contributed by atoms with Gasteiger partial charge in [0.25, 0.3) is 0 Å². The Bertz CT molecular complexity index is 219. The summed E-state index contributed by atoms with van der Waals surface area (Å²) in [6.45, 7) is 0. The summed E-state index contributed by atoms with van der Waals surface area (Å²) in [5.41, 5.74) is 12.8. The molecule has 0 spiro atoms. The normalized spacial score (nSPS) is 11.4. The molecule has 0 fully saturated rings. The fraction of sp³-hybridized carbons (Fsp3) is 0.400. The molecule has 0 aliphatic heterocycles. The average molecular weight is 157 g/mol. The zero-order valence-electron chi connectivity index (χ0n) is 5.60. The van der Waals surface area contributed by atoms with Crippen molar-refractivity contribution in [2.24, 2.45) is 5.73 Å². The van der Waals surface area contributed by atoms with Crippen LogP contribution < -0.4 is 5.73 Å². The van der Waals surface area contributed by atoms with Gasteiger partial charge in [0.2, 0.25) is 5.78 Å². The Labute approximate surface area is 62.2 Å². The second kappa shape index (κ2) is 4.32. The van der Waals surface area contributed by atoms with Gasteiger partial charge in [-0.2, -0.15) is 4.79 Å². The summed E-state index contributed by atoms with van der Waals surface area (Å²) in [4.78, 5) is 23.0. The van der Waals surface area contributed by atoms with Gasteiger partial charge in [-0.15, -0.1) is 0 Å². The molecule has 0 radical (unpaired) electrons. The fourth-order valence-corrected chi connectivity index (χ4v) is 0.421. The van der Waals surface area contributed by atoms with Gasteiger partial charge < -0.3 is 16.4 Å². The molecule has 6 nitrogen and oxygen atoms in total. The molecule has 3 N–H and O–H groups in total. The van der Waals surface area contributed by atoms with Gasteiger partial charge in [0.15, 0.2) is 0 Å². The zero-order chi connectivity index (χ0) is 8.85. The molecule has 0 saturated carbocycles. The fourth-order valence-electron chi connectivity index (χ4n) is 0.421. The minimum Gasteiger partial charge on any atom is -0.480 e. The lowest BCUT2D eigenvalue weighted by atomic mass is 10.2. The lowest BCUT2D eigenvalue weighted by Crippen LogP contribution is -2.32. The molecule has 0 aliphatic carbocycles. The van der Waals surface area contributed by atoms with Crippen molar-refractivity contribution in [2.45, 2.75) is 12.5 Å². The number of carbonyl (C=O) groups is 2. The highest BCUT2D eigenvalue weighted by atomic mass is 16.4. The van der Waals surface area contributed by atoms with E-state index in [9.17, 15) is 9.59 Å². The van der Waals surface area contributed by atoms with E-state index in [1.165, 1.54) is 0 Å².